The van der Waals surface area contributed by atoms with Crippen LogP contribution in [0, 0.1) is 0 Å². The zero-order valence-electron chi connectivity index (χ0n) is 13.8. The van der Waals surface area contributed by atoms with Gasteiger partial charge in [-0.05, 0) is 18.2 Å². The van der Waals surface area contributed by atoms with Crippen LogP contribution in [-0.2, 0) is 16.9 Å². The maximum Gasteiger partial charge on any atom is 0.444 e. The molecule has 2 aromatic heterocycles. The molecule has 0 fully saturated rings. The van der Waals surface area contributed by atoms with Gasteiger partial charge in [0.25, 0.3) is 5.63 Å². The molecule has 0 saturated heterocycles. The second-order valence-corrected chi connectivity index (χ2v) is 7.11. The van der Waals surface area contributed by atoms with Crippen molar-refractivity contribution in [2.24, 2.45) is 0 Å². The van der Waals surface area contributed by atoms with Gasteiger partial charge < -0.3 is 14.0 Å². The molecule has 144 valence electrons. The van der Waals surface area contributed by atoms with Crippen molar-refractivity contribution >= 4 is 33.8 Å². The third-order valence-electron chi connectivity index (χ3n) is 3.46. The van der Waals surface area contributed by atoms with Crippen molar-refractivity contribution in [3.63, 3.8) is 0 Å². The van der Waals surface area contributed by atoms with E-state index in [9.17, 15) is 17.7 Å². The van der Waals surface area contributed by atoms with Crippen molar-refractivity contribution in [1.29, 1.82) is 0 Å². The number of benzene rings is 1. The van der Waals surface area contributed by atoms with Gasteiger partial charge in [0, 0.05) is 29.5 Å². The van der Waals surface area contributed by atoms with Crippen molar-refractivity contribution < 1.29 is 27.2 Å². The molecule has 2 atom stereocenters. The third kappa shape index (κ3) is 4.57. The van der Waals surface area contributed by atoms with Crippen LogP contribution in [0.4, 0.5) is 13.2 Å². The summed E-state index contributed by atoms with van der Waals surface area (Å²) in [5.74, 6) is 0.331. The molecule has 0 aliphatic rings. The summed E-state index contributed by atoms with van der Waals surface area (Å²) < 4.78 is 61.0. The summed E-state index contributed by atoms with van der Waals surface area (Å²) in [5, 5.41) is 0.138. The fourth-order valence-electron chi connectivity index (χ4n) is 2.20. The largest absolute Gasteiger partial charge is 0.609 e. The summed E-state index contributed by atoms with van der Waals surface area (Å²) in [6.07, 6.45) is -2.65. The van der Waals surface area contributed by atoms with E-state index < -0.39 is 22.9 Å². The molecule has 3 rings (SSSR count). The molecule has 6 nitrogen and oxygen atoms in total. The minimum atomic E-state index is -4.19. The highest BCUT2D eigenvalue weighted by atomic mass is 35.5. The van der Waals surface area contributed by atoms with Crippen LogP contribution in [0.25, 0.3) is 11.0 Å². The van der Waals surface area contributed by atoms with E-state index in [-0.39, 0.29) is 22.2 Å². The van der Waals surface area contributed by atoms with Crippen molar-refractivity contribution in [1.82, 2.24) is 15.0 Å². The van der Waals surface area contributed by atoms with Crippen LogP contribution in [0.5, 0.6) is 11.5 Å². The minimum Gasteiger partial charge on any atom is -0.609 e. The molecule has 0 amide bonds. The first-order valence-electron chi connectivity index (χ1n) is 7.50. The Hall–Kier alpha value is -2.17. The van der Waals surface area contributed by atoms with Crippen molar-refractivity contribution in [3.8, 4) is 11.5 Å². The van der Waals surface area contributed by atoms with E-state index in [1.165, 1.54) is 31.5 Å². The first-order valence-corrected chi connectivity index (χ1v) is 9.26. The molecule has 2 heterocycles. The highest BCUT2D eigenvalue weighted by Crippen LogP contribution is 2.30. The second kappa shape index (κ2) is 7.83. The number of aromatic nitrogens is 3. The van der Waals surface area contributed by atoms with E-state index in [1.54, 1.807) is 12.1 Å². The normalized spacial score (nSPS) is 14.1. The second-order valence-electron chi connectivity index (χ2n) is 5.36. The number of aromatic amines is 1. The van der Waals surface area contributed by atoms with Gasteiger partial charge in [0.15, 0.2) is 5.75 Å². The van der Waals surface area contributed by atoms with Crippen LogP contribution in [0.2, 0.25) is 0 Å². The summed E-state index contributed by atoms with van der Waals surface area (Å²) in [5.41, 5.74) is -1.77. The molecule has 1 aromatic carbocycles. The number of methoxy groups -OCH3 is 1. The Morgan fingerprint density at radius 2 is 2.07 bits per heavy atom. The summed E-state index contributed by atoms with van der Waals surface area (Å²) in [7, 11) is 1.51. The van der Waals surface area contributed by atoms with E-state index in [0.717, 1.165) is 0 Å². The number of alkyl halides is 4. The van der Waals surface area contributed by atoms with Crippen LogP contribution in [0.3, 0.4) is 0 Å². The van der Waals surface area contributed by atoms with E-state index in [0.29, 0.717) is 17.0 Å². The van der Waals surface area contributed by atoms with Gasteiger partial charge >= 0.3 is 11.3 Å². The van der Waals surface area contributed by atoms with Crippen molar-refractivity contribution in [3.05, 3.63) is 42.2 Å². The lowest BCUT2D eigenvalue weighted by molar-refractivity contribution is -0.198. The van der Waals surface area contributed by atoms with E-state index in [4.69, 9.17) is 16.3 Å². The number of H-pyrrole nitrogens is 1. The zero-order valence-corrected chi connectivity index (χ0v) is 15.4. The molecular formula is C16H13ClF3N3O3S. The molecule has 1 N–H and O–H groups in total. The van der Waals surface area contributed by atoms with Crippen LogP contribution < -0.4 is 9.47 Å². The SMILES string of the molecule is COc1ccnc(C[S+]([O-])c2nc3cc(OC(F)(F)C(F)Cl)ccc3[nH]2)c1. The number of ether oxygens (including phenoxy) is 2. The summed E-state index contributed by atoms with van der Waals surface area (Å²) in [4.78, 5) is 11.1. The Morgan fingerprint density at radius 1 is 1.30 bits per heavy atom. The Labute approximate surface area is 159 Å². The zero-order chi connectivity index (χ0) is 19.6. The van der Waals surface area contributed by atoms with E-state index in [2.05, 4.69) is 19.7 Å². The van der Waals surface area contributed by atoms with Gasteiger partial charge in [-0.2, -0.15) is 13.8 Å². The van der Waals surface area contributed by atoms with Crippen molar-refractivity contribution in [2.45, 2.75) is 22.6 Å². The van der Waals surface area contributed by atoms with Crippen molar-refractivity contribution in [2.75, 3.05) is 7.11 Å². The number of nitrogens with one attached hydrogen (secondary N) is 1. The smallest absolute Gasteiger partial charge is 0.444 e. The van der Waals surface area contributed by atoms with Crippen LogP contribution in [0.1, 0.15) is 5.69 Å². The molecule has 0 aliphatic heterocycles. The number of halogens is 4. The number of imidazole rings is 1. The monoisotopic (exact) mass is 419 g/mol. The van der Waals surface area contributed by atoms with E-state index >= 15 is 0 Å². The molecular weight excluding hydrogens is 407 g/mol. The van der Waals surface area contributed by atoms with Gasteiger partial charge in [0.1, 0.15) is 11.5 Å². The predicted molar refractivity (Wildman–Crippen MR) is 93.3 cm³/mol. The number of hydrogen-bond donors (Lipinski definition) is 1. The molecule has 11 heteroatoms. The third-order valence-corrected chi connectivity index (χ3v) is 4.90. The Balaban J connectivity index is 1.79. The standard InChI is InChI=1S/C16H13ClF3N3O3S/c1-25-10-4-5-21-9(6-10)8-27(24)15-22-12-3-2-11(7-13(12)23-15)26-16(19,20)14(17)18/h2-7,14H,8H2,1H3,(H,22,23). The first-order chi connectivity index (χ1) is 12.8. The Bertz CT molecular complexity index is 941. The van der Waals surface area contributed by atoms with E-state index in [1.807, 2.05) is 0 Å². The minimum absolute atomic E-state index is 0.0776. The summed E-state index contributed by atoms with van der Waals surface area (Å²) in [6, 6.07) is 7.08. The number of rotatable bonds is 7. The van der Waals surface area contributed by atoms with Crippen LogP contribution >= 0.6 is 11.6 Å². The predicted octanol–water partition coefficient (Wildman–Crippen LogP) is 3.78. The maximum atomic E-state index is 13.2. The van der Waals surface area contributed by atoms with Crippen LogP contribution in [0.15, 0.2) is 41.7 Å². The van der Waals surface area contributed by atoms with Gasteiger partial charge in [-0.1, -0.05) is 11.6 Å². The average molecular weight is 420 g/mol. The highest BCUT2D eigenvalue weighted by Gasteiger charge is 2.42. The Morgan fingerprint density at radius 3 is 2.78 bits per heavy atom. The molecule has 0 spiro atoms. The van der Waals surface area contributed by atoms with Gasteiger partial charge in [-0.25, -0.2) is 4.39 Å². The number of pyridine rings is 1. The van der Waals surface area contributed by atoms with Gasteiger partial charge in [0.05, 0.1) is 23.8 Å². The molecule has 27 heavy (non-hydrogen) atoms. The maximum absolute atomic E-state index is 13.2. The molecule has 0 bridgehead atoms. The number of fused-ring (bicyclic) bond motifs is 1. The number of hydrogen-bond acceptors (Lipinski definition) is 5. The average Bonchev–Trinajstić information content (AvgIpc) is 3.05. The molecule has 2 unspecified atom stereocenters. The Kier molecular flexibility index (Phi) is 5.68. The molecule has 3 aromatic rings. The van der Waals surface area contributed by atoms with Gasteiger partial charge in [-0.15, -0.1) is 0 Å². The lowest BCUT2D eigenvalue weighted by Crippen LogP contribution is -2.32. The topological polar surface area (TPSA) is 83.1 Å². The summed E-state index contributed by atoms with van der Waals surface area (Å²) in [6.45, 7) is 0. The fraction of sp³-hybridized carbons (Fsp3) is 0.250. The quantitative estimate of drug-likeness (QED) is 0.465. The molecule has 0 aliphatic carbocycles. The number of nitrogens with zero attached hydrogens (tertiary/aromatic N) is 2. The molecule has 0 radical (unpaired) electrons. The fourth-order valence-corrected chi connectivity index (χ4v) is 3.23. The summed E-state index contributed by atoms with van der Waals surface area (Å²) >= 11 is 3.20. The lowest BCUT2D eigenvalue weighted by Gasteiger charge is -2.17. The highest BCUT2D eigenvalue weighted by molar-refractivity contribution is 7.90. The van der Waals surface area contributed by atoms with Gasteiger partial charge in [0.2, 0.25) is 0 Å². The lowest BCUT2D eigenvalue weighted by atomic mass is 10.3. The molecule has 0 saturated carbocycles. The van der Waals surface area contributed by atoms with Crippen LogP contribution in [-0.4, -0.2) is 38.4 Å². The first kappa shape index (κ1) is 19.6. The van der Waals surface area contributed by atoms with Gasteiger partial charge in [-0.3, -0.25) is 9.97 Å².